The number of nitrogens with zero attached hydrogens (tertiary/aromatic N) is 1. The van der Waals surface area contributed by atoms with Crippen LogP contribution < -0.4 is 5.73 Å². The van der Waals surface area contributed by atoms with E-state index in [1.165, 1.54) is 12.1 Å². The molecule has 0 saturated heterocycles. The van der Waals surface area contributed by atoms with Gasteiger partial charge in [-0.3, -0.25) is 0 Å². The molecule has 14 heavy (non-hydrogen) atoms. The van der Waals surface area contributed by atoms with Crippen LogP contribution in [0.5, 0.6) is 5.75 Å². The molecule has 0 fully saturated rings. The summed E-state index contributed by atoms with van der Waals surface area (Å²) in [6.45, 7) is 1.57. The topological polar surface area (TPSA) is 90.3 Å². The van der Waals surface area contributed by atoms with E-state index in [-0.39, 0.29) is 11.3 Å². The zero-order valence-corrected chi connectivity index (χ0v) is 7.81. The summed E-state index contributed by atoms with van der Waals surface area (Å²) in [7, 11) is 0. The molecular formula is C10H12N2O2. The van der Waals surface area contributed by atoms with Gasteiger partial charge in [-0.2, -0.15) is 5.26 Å². The van der Waals surface area contributed by atoms with Gasteiger partial charge in [0.2, 0.25) is 0 Å². The zero-order valence-electron chi connectivity index (χ0n) is 7.81. The van der Waals surface area contributed by atoms with Crippen molar-refractivity contribution < 1.29 is 10.2 Å². The van der Waals surface area contributed by atoms with Crippen molar-refractivity contribution in [2.75, 3.05) is 0 Å². The third-order valence-corrected chi connectivity index (χ3v) is 2.05. The Morgan fingerprint density at radius 3 is 2.64 bits per heavy atom. The van der Waals surface area contributed by atoms with E-state index in [1.54, 1.807) is 13.0 Å². The van der Waals surface area contributed by atoms with Gasteiger partial charge in [0.25, 0.3) is 0 Å². The number of aromatic hydroxyl groups is 1. The lowest BCUT2D eigenvalue weighted by Gasteiger charge is -2.15. The molecule has 0 aliphatic rings. The van der Waals surface area contributed by atoms with E-state index >= 15 is 0 Å². The Balaban J connectivity index is 3.08. The van der Waals surface area contributed by atoms with Crippen molar-refractivity contribution >= 4 is 0 Å². The van der Waals surface area contributed by atoms with Crippen molar-refractivity contribution in [1.29, 1.82) is 5.26 Å². The summed E-state index contributed by atoms with van der Waals surface area (Å²) in [6, 6.07) is 5.77. The highest BCUT2D eigenvalue weighted by Crippen LogP contribution is 2.22. The third-order valence-electron chi connectivity index (χ3n) is 2.05. The standard InChI is InChI=1S/C10H12N2O2/c1-6(13)10(12)7-2-3-9(14)8(4-7)5-11/h2-4,6,10,13-14H,12H2,1H3/t6-,10+/m1/s1. The van der Waals surface area contributed by atoms with Crippen LogP contribution in [0.4, 0.5) is 0 Å². The fourth-order valence-corrected chi connectivity index (χ4v) is 1.13. The molecule has 4 N–H and O–H groups in total. The number of nitriles is 1. The summed E-state index contributed by atoms with van der Waals surface area (Å²) in [6.07, 6.45) is -0.689. The molecule has 0 radical (unpaired) electrons. The van der Waals surface area contributed by atoms with Gasteiger partial charge in [-0.1, -0.05) is 6.07 Å². The minimum atomic E-state index is -0.689. The minimum absolute atomic E-state index is 0.0750. The van der Waals surface area contributed by atoms with Crippen molar-refractivity contribution in [2.24, 2.45) is 5.73 Å². The Bertz CT molecular complexity index is 369. The van der Waals surface area contributed by atoms with Crippen LogP contribution in [0.2, 0.25) is 0 Å². The van der Waals surface area contributed by atoms with Crippen molar-refractivity contribution in [3.63, 3.8) is 0 Å². The number of phenols is 1. The van der Waals surface area contributed by atoms with Crippen LogP contribution >= 0.6 is 0 Å². The molecule has 0 aliphatic carbocycles. The number of nitrogens with two attached hydrogens (primary N) is 1. The number of aliphatic hydroxyl groups excluding tert-OH is 1. The summed E-state index contributed by atoms with van der Waals surface area (Å²) in [4.78, 5) is 0. The molecule has 0 heterocycles. The number of rotatable bonds is 2. The first-order valence-corrected chi connectivity index (χ1v) is 4.23. The molecule has 1 rings (SSSR count). The van der Waals surface area contributed by atoms with E-state index < -0.39 is 12.1 Å². The van der Waals surface area contributed by atoms with Crippen molar-refractivity contribution in [2.45, 2.75) is 19.1 Å². The number of aliphatic hydroxyl groups is 1. The lowest BCUT2D eigenvalue weighted by molar-refractivity contribution is 0.164. The van der Waals surface area contributed by atoms with Crippen LogP contribution in [0.3, 0.4) is 0 Å². The van der Waals surface area contributed by atoms with Gasteiger partial charge in [0, 0.05) is 0 Å². The van der Waals surface area contributed by atoms with Crippen LogP contribution in [-0.4, -0.2) is 16.3 Å². The molecule has 0 amide bonds. The van der Waals surface area contributed by atoms with Crippen molar-refractivity contribution in [3.05, 3.63) is 29.3 Å². The van der Waals surface area contributed by atoms with E-state index in [0.29, 0.717) is 5.56 Å². The molecule has 1 aromatic carbocycles. The summed E-state index contributed by atoms with van der Waals surface area (Å²) >= 11 is 0. The van der Waals surface area contributed by atoms with Crippen LogP contribution in [0, 0.1) is 11.3 Å². The van der Waals surface area contributed by atoms with Crippen molar-refractivity contribution in [3.8, 4) is 11.8 Å². The first-order valence-electron chi connectivity index (χ1n) is 4.23. The molecule has 0 unspecified atom stereocenters. The van der Waals surface area contributed by atoms with Crippen LogP contribution in [0.15, 0.2) is 18.2 Å². The maximum absolute atomic E-state index is 9.24. The molecular weight excluding hydrogens is 180 g/mol. The summed E-state index contributed by atoms with van der Waals surface area (Å²) in [5.41, 5.74) is 6.47. The molecule has 0 spiro atoms. The van der Waals surface area contributed by atoms with E-state index in [9.17, 15) is 10.2 Å². The lowest BCUT2D eigenvalue weighted by atomic mass is 10.0. The van der Waals surface area contributed by atoms with Crippen LogP contribution in [0.25, 0.3) is 0 Å². The van der Waals surface area contributed by atoms with Gasteiger partial charge in [0.15, 0.2) is 0 Å². The fourth-order valence-electron chi connectivity index (χ4n) is 1.13. The summed E-state index contributed by atoms with van der Waals surface area (Å²) in [5.74, 6) is -0.0750. The summed E-state index contributed by atoms with van der Waals surface area (Å²) < 4.78 is 0. The maximum atomic E-state index is 9.24. The maximum Gasteiger partial charge on any atom is 0.133 e. The van der Waals surface area contributed by atoms with E-state index in [1.807, 2.05) is 6.07 Å². The molecule has 4 nitrogen and oxygen atoms in total. The minimum Gasteiger partial charge on any atom is -0.507 e. The Hall–Kier alpha value is -1.57. The molecule has 1 aromatic rings. The van der Waals surface area contributed by atoms with Crippen LogP contribution in [-0.2, 0) is 0 Å². The largest absolute Gasteiger partial charge is 0.507 e. The molecule has 4 heteroatoms. The van der Waals surface area contributed by atoms with Gasteiger partial charge in [0.05, 0.1) is 17.7 Å². The number of phenolic OH excluding ortho intramolecular Hbond substituents is 1. The van der Waals surface area contributed by atoms with Crippen molar-refractivity contribution in [1.82, 2.24) is 0 Å². The van der Waals surface area contributed by atoms with Crippen LogP contribution in [0.1, 0.15) is 24.1 Å². The molecule has 2 atom stereocenters. The molecule has 74 valence electrons. The zero-order chi connectivity index (χ0) is 10.7. The van der Waals surface area contributed by atoms with Gasteiger partial charge >= 0.3 is 0 Å². The monoisotopic (exact) mass is 192 g/mol. The SMILES string of the molecule is C[C@@H](O)[C@H](N)c1ccc(O)c(C#N)c1. The highest BCUT2D eigenvalue weighted by molar-refractivity contribution is 5.45. The predicted octanol–water partition coefficient (Wildman–Crippen LogP) is 0.644. The molecule has 0 aromatic heterocycles. The Kier molecular flexibility index (Phi) is 3.07. The fraction of sp³-hybridized carbons (Fsp3) is 0.300. The van der Waals surface area contributed by atoms with E-state index in [2.05, 4.69) is 0 Å². The number of hydrogen-bond donors (Lipinski definition) is 3. The van der Waals surface area contributed by atoms with Gasteiger partial charge in [0.1, 0.15) is 11.8 Å². The first-order chi connectivity index (χ1) is 6.56. The first kappa shape index (κ1) is 10.5. The van der Waals surface area contributed by atoms with E-state index in [0.717, 1.165) is 0 Å². The number of benzene rings is 1. The lowest BCUT2D eigenvalue weighted by Crippen LogP contribution is -2.23. The van der Waals surface area contributed by atoms with Gasteiger partial charge in [-0.05, 0) is 24.6 Å². The Morgan fingerprint density at radius 2 is 2.14 bits per heavy atom. The van der Waals surface area contributed by atoms with Gasteiger partial charge < -0.3 is 15.9 Å². The second-order valence-corrected chi connectivity index (χ2v) is 3.15. The smallest absolute Gasteiger partial charge is 0.133 e. The van der Waals surface area contributed by atoms with Gasteiger partial charge in [-0.15, -0.1) is 0 Å². The Morgan fingerprint density at radius 1 is 1.50 bits per heavy atom. The summed E-state index contributed by atoms with van der Waals surface area (Å²) in [5, 5.41) is 27.1. The average molecular weight is 192 g/mol. The second kappa shape index (κ2) is 4.09. The second-order valence-electron chi connectivity index (χ2n) is 3.15. The third kappa shape index (κ3) is 2.02. The highest BCUT2D eigenvalue weighted by atomic mass is 16.3. The predicted molar refractivity (Wildman–Crippen MR) is 51.4 cm³/mol. The van der Waals surface area contributed by atoms with E-state index in [4.69, 9.17) is 11.0 Å². The van der Waals surface area contributed by atoms with Gasteiger partial charge in [-0.25, -0.2) is 0 Å². The highest BCUT2D eigenvalue weighted by Gasteiger charge is 2.13. The molecule has 0 saturated carbocycles. The molecule has 0 bridgehead atoms. The Labute approximate surface area is 82.2 Å². The average Bonchev–Trinajstić information content (AvgIpc) is 2.17. The number of hydrogen-bond acceptors (Lipinski definition) is 4. The molecule has 0 aliphatic heterocycles. The normalized spacial score (nSPS) is 14.4. The quantitative estimate of drug-likeness (QED) is 0.641.